The van der Waals surface area contributed by atoms with Crippen molar-refractivity contribution in [3.05, 3.63) is 42.1 Å². The summed E-state index contributed by atoms with van der Waals surface area (Å²) in [6.45, 7) is -1.20. The standard InChI is InChI=1S/C16H15F3N6O.C2HF3O2/c1-20-14(26)9-2-4-10(5-3-9)23-15-24-12-11(6-7-21-12)13(25-15)22-8-16(17,18)19;3-2(4,5)1(6)7/h2-7H,8H2,1H3,(H,20,26)(H3,21,22,23,24,25);(H,6,7). The number of alkyl halides is 6. The van der Waals surface area contributed by atoms with Crippen molar-refractivity contribution in [2.75, 3.05) is 24.2 Å². The molecular formula is C18H16F6N6O3. The smallest absolute Gasteiger partial charge is 0.475 e. The van der Waals surface area contributed by atoms with Crippen LogP contribution in [0.25, 0.3) is 11.0 Å². The average molecular weight is 478 g/mol. The Labute approximate surface area is 181 Å². The van der Waals surface area contributed by atoms with Crippen LogP contribution in [0, 0.1) is 0 Å². The molecule has 1 aromatic carbocycles. The molecule has 3 rings (SSSR count). The van der Waals surface area contributed by atoms with Gasteiger partial charge in [0.1, 0.15) is 18.0 Å². The van der Waals surface area contributed by atoms with E-state index in [-0.39, 0.29) is 17.7 Å². The molecule has 1 amide bonds. The lowest BCUT2D eigenvalue weighted by molar-refractivity contribution is -0.192. The number of H-pyrrole nitrogens is 1. The molecule has 3 aromatic rings. The van der Waals surface area contributed by atoms with E-state index in [4.69, 9.17) is 9.90 Å². The van der Waals surface area contributed by atoms with E-state index in [1.54, 1.807) is 36.5 Å². The monoisotopic (exact) mass is 478 g/mol. The van der Waals surface area contributed by atoms with E-state index in [0.29, 0.717) is 22.3 Å². The number of carbonyl (C=O) groups excluding carboxylic acids is 1. The fourth-order valence-corrected chi connectivity index (χ4v) is 2.29. The molecule has 0 spiro atoms. The summed E-state index contributed by atoms with van der Waals surface area (Å²) >= 11 is 0. The van der Waals surface area contributed by atoms with E-state index >= 15 is 0 Å². The number of aromatic amines is 1. The molecule has 0 saturated heterocycles. The summed E-state index contributed by atoms with van der Waals surface area (Å²) in [6.07, 6.45) is -7.88. The zero-order valence-electron chi connectivity index (χ0n) is 16.6. The van der Waals surface area contributed by atoms with Gasteiger partial charge in [-0.05, 0) is 30.3 Å². The Morgan fingerprint density at radius 1 is 1.03 bits per heavy atom. The molecule has 0 aliphatic carbocycles. The van der Waals surface area contributed by atoms with Crippen molar-refractivity contribution in [1.29, 1.82) is 0 Å². The number of nitrogens with zero attached hydrogens (tertiary/aromatic N) is 2. The Hall–Kier alpha value is -4.04. The number of aliphatic carboxylic acids is 1. The van der Waals surface area contributed by atoms with Gasteiger partial charge in [0, 0.05) is 24.5 Å². The van der Waals surface area contributed by atoms with E-state index in [0.717, 1.165) is 0 Å². The van der Waals surface area contributed by atoms with Crippen molar-refractivity contribution in [2.24, 2.45) is 0 Å². The van der Waals surface area contributed by atoms with Crippen LogP contribution in [0.15, 0.2) is 36.5 Å². The Balaban J connectivity index is 0.000000479. The van der Waals surface area contributed by atoms with Crippen molar-refractivity contribution >= 4 is 40.4 Å². The summed E-state index contributed by atoms with van der Waals surface area (Å²) < 4.78 is 69.2. The first kappa shape index (κ1) is 25.2. The molecule has 0 bridgehead atoms. The van der Waals surface area contributed by atoms with Crippen LogP contribution in [0.3, 0.4) is 0 Å². The van der Waals surface area contributed by atoms with Gasteiger partial charge in [-0.3, -0.25) is 4.79 Å². The Morgan fingerprint density at radius 3 is 2.15 bits per heavy atom. The first-order valence-corrected chi connectivity index (χ1v) is 8.85. The predicted molar refractivity (Wildman–Crippen MR) is 105 cm³/mol. The lowest BCUT2D eigenvalue weighted by atomic mass is 10.2. The maximum atomic E-state index is 12.5. The molecule has 0 unspecified atom stereocenters. The summed E-state index contributed by atoms with van der Waals surface area (Å²) in [6, 6.07) is 8.11. The van der Waals surface area contributed by atoms with Crippen LogP contribution in [0.1, 0.15) is 10.4 Å². The number of aromatic nitrogens is 3. The summed E-state index contributed by atoms with van der Waals surface area (Å²) in [7, 11) is 1.53. The number of carbonyl (C=O) groups is 2. The SMILES string of the molecule is CNC(=O)c1ccc(Nc2nc(NCC(F)(F)F)c3cc[nH]c3n2)cc1.O=C(O)C(F)(F)F. The van der Waals surface area contributed by atoms with Gasteiger partial charge in [0.2, 0.25) is 5.95 Å². The normalized spacial score (nSPS) is 11.4. The Kier molecular flexibility index (Phi) is 7.68. The second-order valence-corrected chi connectivity index (χ2v) is 6.19. The second-order valence-electron chi connectivity index (χ2n) is 6.19. The topological polar surface area (TPSA) is 132 Å². The number of hydrogen-bond donors (Lipinski definition) is 5. The third-order valence-electron chi connectivity index (χ3n) is 3.74. The number of rotatable bonds is 5. The van der Waals surface area contributed by atoms with E-state index < -0.39 is 24.9 Å². The molecule has 0 atom stereocenters. The van der Waals surface area contributed by atoms with Crippen LogP contribution in [-0.4, -0.2) is 57.9 Å². The number of anilines is 3. The van der Waals surface area contributed by atoms with Gasteiger partial charge in [0.05, 0.1) is 5.39 Å². The summed E-state index contributed by atoms with van der Waals surface area (Å²) in [5.41, 5.74) is 1.46. The van der Waals surface area contributed by atoms with Gasteiger partial charge in [0.25, 0.3) is 5.91 Å². The van der Waals surface area contributed by atoms with E-state index in [9.17, 15) is 31.1 Å². The molecule has 33 heavy (non-hydrogen) atoms. The molecule has 0 aliphatic heterocycles. The fraction of sp³-hybridized carbons (Fsp3) is 0.222. The summed E-state index contributed by atoms with van der Waals surface area (Å²) in [4.78, 5) is 31.6. The molecule has 2 heterocycles. The number of hydrogen-bond acceptors (Lipinski definition) is 6. The van der Waals surface area contributed by atoms with Gasteiger partial charge in [-0.1, -0.05) is 0 Å². The molecule has 0 fully saturated rings. The van der Waals surface area contributed by atoms with Crippen LogP contribution >= 0.6 is 0 Å². The predicted octanol–water partition coefficient (Wildman–Crippen LogP) is 3.67. The van der Waals surface area contributed by atoms with E-state index in [1.807, 2.05) is 0 Å². The molecular weight excluding hydrogens is 462 g/mol. The van der Waals surface area contributed by atoms with Crippen molar-refractivity contribution in [3.8, 4) is 0 Å². The van der Waals surface area contributed by atoms with Crippen LogP contribution in [0.4, 0.5) is 43.8 Å². The second kappa shape index (κ2) is 10.1. The molecule has 0 saturated carbocycles. The zero-order valence-corrected chi connectivity index (χ0v) is 16.6. The number of benzene rings is 1. The number of carboxylic acids is 1. The van der Waals surface area contributed by atoms with Crippen LogP contribution < -0.4 is 16.0 Å². The lowest BCUT2D eigenvalue weighted by Crippen LogP contribution is -2.22. The maximum Gasteiger partial charge on any atom is 0.490 e. The van der Waals surface area contributed by atoms with Crippen molar-refractivity contribution in [2.45, 2.75) is 12.4 Å². The molecule has 0 radical (unpaired) electrons. The minimum absolute atomic E-state index is 0.0676. The third-order valence-corrected chi connectivity index (χ3v) is 3.74. The van der Waals surface area contributed by atoms with Crippen LogP contribution in [0.2, 0.25) is 0 Å². The van der Waals surface area contributed by atoms with Gasteiger partial charge >= 0.3 is 18.3 Å². The van der Waals surface area contributed by atoms with Crippen molar-refractivity contribution in [1.82, 2.24) is 20.3 Å². The maximum absolute atomic E-state index is 12.5. The van der Waals surface area contributed by atoms with Gasteiger partial charge in [-0.25, -0.2) is 4.79 Å². The van der Waals surface area contributed by atoms with Gasteiger partial charge in [-0.2, -0.15) is 36.3 Å². The minimum Gasteiger partial charge on any atom is -0.475 e. The zero-order chi connectivity index (χ0) is 24.8. The highest BCUT2D eigenvalue weighted by Gasteiger charge is 2.38. The molecule has 2 aromatic heterocycles. The molecule has 15 heteroatoms. The van der Waals surface area contributed by atoms with Crippen molar-refractivity contribution in [3.63, 3.8) is 0 Å². The molecule has 9 nitrogen and oxygen atoms in total. The van der Waals surface area contributed by atoms with Gasteiger partial charge < -0.3 is 26.0 Å². The number of halogens is 6. The first-order valence-electron chi connectivity index (χ1n) is 8.85. The van der Waals surface area contributed by atoms with Gasteiger partial charge in [-0.15, -0.1) is 0 Å². The molecule has 5 N–H and O–H groups in total. The van der Waals surface area contributed by atoms with Crippen LogP contribution in [-0.2, 0) is 4.79 Å². The Bertz CT molecular complexity index is 1110. The highest BCUT2D eigenvalue weighted by molar-refractivity contribution is 5.94. The lowest BCUT2D eigenvalue weighted by Gasteiger charge is -2.12. The highest BCUT2D eigenvalue weighted by atomic mass is 19.4. The van der Waals surface area contributed by atoms with Gasteiger partial charge in [0.15, 0.2) is 0 Å². The van der Waals surface area contributed by atoms with Crippen LogP contribution in [0.5, 0.6) is 0 Å². The fourth-order valence-electron chi connectivity index (χ4n) is 2.29. The average Bonchev–Trinajstić information content (AvgIpc) is 3.20. The van der Waals surface area contributed by atoms with E-state index in [2.05, 4.69) is 30.9 Å². The minimum atomic E-state index is -5.08. The largest absolute Gasteiger partial charge is 0.490 e. The first-order chi connectivity index (χ1) is 15.3. The third kappa shape index (κ3) is 7.55. The van der Waals surface area contributed by atoms with Crippen molar-refractivity contribution < 1.29 is 41.0 Å². The highest BCUT2D eigenvalue weighted by Crippen LogP contribution is 2.24. The quantitative estimate of drug-likeness (QED) is 0.354. The molecule has 178 valence electrons. The number of fused-ring (bicyclic) bond motifs is 1. The summed E-state index contributed by atoms with van der Waals surface area (Å²) in [5, 5.41) is 15.3. The summed E-state index contributed by atoms with van der Waals surface area (Å²) in [5.74, 6) is -2.79. The number of carboxylic acid groups (broad SMARTS) is 1. The number of nitrogens with one attached hydrogen (secondary N) is 4. The van der Waals surface area contributed by atoms with E-state index in [1.165, 1.54) is 7.05 Å². The Morgan fingerprint density at radius 2 is 1.64 bits per heavy atom. The molecule has 0 aliphatic rings. The number of amides is 1.